The summed E-state index contributed by atoms with van der Waals surface area (Å²) in [4.78, 5) is 16.7. The van der Waals surface area contributed by atoms with Crippen molar-refractivity contribution in [3.8, 4) is 0 Å². The molecule has 0 bridgehead atoms. The second kappa shape index (κ2) is 7.36. The Hall–Kier alpha value is -1.85. The van der Waals surface area contributed by atoms with Gasteiger partial charge in [-0.05, 0) is 18.9 Å². The Morgan fingerprint density at radius 3 is 2.71 bits per heavy atom. The van der Waals surface area contributed by atoms with Gasteiger partial charge in [0.15, 0.2) is 0 Å². The summed E-state index contributed by atoms with van der Waals surface area (Å²) in [5.41, 5.74) is 1.83. The Bertz CT molecular complexity index is 746. The highest BCUT2D eigenvalue weighted by molar-refractivity contribution is 6.33. The highest BCUT2D eigenvalue weighted by atomic mass is 35.5. The van der Waals surface area contributed by atoms with E-state index in [0.717, 1.165) is 38.3 Å². The lowest BCUT2D eigenvalue weighted by molar-refractivity contribution is 0.212. The predicted molar refractivity (Wildman–Crippen MR) is 97.6 cm³/mol. The fraction of sp³-hybridized carbons (Fsp3) is 0.444. The summed E-state index contributed by atoms with van der Waals surface area (Å²) in [5.74, 6) is 0. The number of anilines is 1. The van der Waals surface area contributed by atoms with E-state index in [4.69, 9.17) is 11.6 Å². The molecule has 6 heteroatoms. The number of halogens is 1. The lowest BCUT2D eigenvalue weighted by Crippen LogP contribution is -2.34. The maximum Gasteiger partial charge on any atom is 0.287 e. The van der Waals surface area contributed by atoms with Crippen LogP contribution in [0.2, 0.25) is 5.02 Å². The molecule has 0 radical (unpaired) electrons. The fourth-order valence-corrected chi connectivity index (χ4v) is 3.41. The second-order valence-corrected chi connectivity index (χ2v) is 6.73. The first-order chi connectivity index (χ1) is 11.6. The summed E-state index contributed by atoms with van der Waals surface area (Å²) < 4.78 is 1.27. The zero-order valence-corrected chi connectivity index (χ0v) is 14.9. The molecule has 1 aromatic heterocycles. The van der Waals surface area contributed by atoms with E-state index in [-0.39, 0.29) is 10.6 Å². The van der Waals surface area contributed by atoms with Crippen LogP contribution in [0.1, 0.15) is 18.9 Å². The van der Waals surface area contributed by atoms with Crippen LogP contribution in [0.5, 0.6) is 0 Å². The zero-order valence-electron chi connectivity index (χ0n) is 14.2. The minimum Gasteiger partial charge on any atom is -0.368 e. The van der Waals surface area contributed by atoms with Gasteiger partial charge in [0.2, 0.25) is 0 Å². The minimum atomic E-state index is -0.243. The van der Waals surface area contributed by atoms with Crippen molar-refractivity contribution in [3.63, 3.8) is 0 Å². The maximum absolute atomic E-state index is 12.0. The van der Waals surface area contributed by atoms with Gasteiger partial charge in [-0.2, -0.15) is 5.10 Å². The lowest BCUT2D eigenvalue weighted by Gasteiger charge is -2.26. The Morgan fingerprint density at radius 2 is 1.96 bits per heavy atom. The molecule has 5 nitrogen and oxygen atoms in total. The molecule has 0 aliphatic carbocycles. The monoisotopic (exact) mass is 346 g/mol. The topological polar surface area (TPSA) is 41.4 Å². The Morgan fingerprint density at radius 1 is 1.21 bits per heavy atom. The van der Waals surface area contributed by atoms with Crippen molar-refractivity contribution in [1.29, 1.82) is 0 Å². The van der Waals surface area contributed by atoms with E-state index < -0.39 is 0 Å². The molecule has 1 atom stereocenters. The van der Waals surface area contributed by atoms with Gasteiger partial charge in [-0.1, -0.05) is 41.9 Å². The van der Waals surface area contributed by atoms with Crippen molar-refractivity contribution >= 4 is 17.3 Å². The molecule has 2 aromatic rings. The van der Waals surface area contributed by atoms with Gasteiger partial charge < -0.3 is 4.90 Å². The van der Waals surface area contributed by atoms with E-state index in [1.165, 1.54) is 10.2 Å². The van der Waals surface area contributed by atoms with Crippen LogP contribution in [-0.2, 0) is 13.6 Å². The van der Waals surface area contributed by atoms with E-state index >= 15 is 0 Å². The Kier molecular flexibility index (Phi) is 5.21. The van der Waals surface area contributed by atoms with Gasteiger partial charge in [0.1, 0.15) is 5.02 Å². The van der Waals surface area contributed by atoms with Crippen LogP contribution in [-0.4, -0.2) is 40.4 Å². The summed E-state index contributed by atoms with van der Waals surface area (Å²) in [6, 6.07) is 11.0. The highest BCUT2D eigenvalue weighted by Gasteiger charge is 2.23. The molecule has 1 aliphatic heterocycles. The van der Waals surface area contributed by atoms with Crippen molar-refractivity contribution in [2.45, 2.75) is 25.9 Å². The van der Waals surface area contributed by atoms with Crippen LogP contribution in [0.25, 0.3) is 0 Å². The smallest absolute Gasteiger partial charge is 0.287 e. The van der Waals surface area contributed by atoms with E-state index in [1.807, 2.05) is 6.07 Å². The molecule has 0 N–H and O–H groups in total. The van der Waals surface area contributed by atoms with Gasteiger partial charge in [0.05, 0.1) is 11.9 Å². The van der Waals surface area contributed by atoms with Gasteiger partial charge in [0.25, 0.3) is 5.56 Å². The highest BCUT2D eigenvalue weighted by Crippen LogP contribution is 2.24. The number of aromatic nitrogens is 2. The summed E-state index contributed by atoms with van der Waals surface area (Å²) in [6.45, 7) is 5.85. The number of hydrogen-bond donors (Lipinski definition) is 0. The van der Waals surface area contributed by atoms with Gasteiger partial charge in [-0.3, -0.25) is 9.69 Å². The quantitative estimate of drug-likeness (QED) is 0.856. The molecule has 0 amide bonds. The summed E-state index contributed by atoms with van der Waals surface area (Å²) >= 11 is 6.26. The van der Waals surface area contributed by atoms with Crippen LogP contribution in [0.3, 0.4) is 0 Å². The molecule has 1 saturated heterocycles. The normalized spacial score (nSPS) is 19.3. The summed E-state index contributed by atoms with van der Waals surface area (Å²) in [7, 11) is 1.62. The second-order valence-electron chi connectivity index (χ2n) is 6.35. The van der Waals surface area contributed by atoms with Crippen LogP contribution < -0.4 is 10.5 Å². The standard InChI is InChI=1S/C18H23ClN4O/c1-14-8-9-22(16-12-20-21(2)18(24)17(16)19)10-11-23(14)13-15-6-4-3-5-7-15/h3-7,12,14H,8-11,13H2,1-2H3. The Labute approximate surface area is 147 Å². The third-order valence-corrected chi connectivity index (χ3v) is 5.08. The predicted octanol–water partition coefficient (Wildman–Crippen LogP) is 2.53. The molecule has 24 heavy (non-hydrogen) atoms. The fourth-order valence-electron chi connectivity index (χ4n) is 3.12. The van der Waals surface area contributed by atoms with Crippen molar-refractivity contribution < 1.29 is 0 Å². The van der Waals surface area contributed by atoms with Gasteiger partial charge in [0, 0.05) is 39.3 Å². The molecule has 1 aliphatic rings. The summed E-state index contributed by atoms with van der Waals surface area (Å²) in [5, 5.41) is 4.38. The average Bonchev–Trinajstić information content (AvgIpc) is 2.77. The molecule has 128 valence electrons. The zero-order chi connectivity index (χ0) is 17.1. The molecule has 0 spiro atoms. The first-order valence-electron chi connectivity index (χ1n) is 8.31. The van der Waals surface area contributed by atoms with Crippen molar-refractivity contribution in [2.24, 2.45) is 7.05 Å². The van der Waals surface area contributed by atoms with Gasteiger partial charge in [-0.25, -0.2) is 4.68 Å². The first-order valence-corrected chi connectivity index (χ1v) is 8.69. The first kappa shape index (κ1) is 17.0. The number of nitrogens with zero attached hydrogens (tertiary/aromatic N) is 4. The lowest BCUT2D eigenvalue weighted by atomic mass is 10.1. The van der Waals surface area contributed by atoms with Crippen LogP contribution in [0.4, 0.5) is 5.69 Å². The van der Waals surface area contributed by atoms with Crippen LogP contribution in [0.15, 0.2) is 41.3 Å². The third kappa shape index (κ3) is 3.62. The Balaban J connectivity index is 1.75. The number of benzene rings is 1. The van der Waals surface area contributed by atoms with E-state index in [1.54, 1.807) is 13.2 Å². The van der Waals surface area contributed by atoms with E-state index in [2.05, 4.69) is 46.1 Å². The van der Waals surface area contributed by atoms with Crippen LogP contribution >= 0.6 is 11.6 Å². The molecule has 2 heterocycles. The molecular formula is C18H23ClN4O. The molecule has 1 unspecified atom stereocenters. The van der Waals surface area contributed by atoms with Crippen molar-refractivity contribution in [1.82, 2.24) is 14.7 Å². The minimum absolute atomic E-state index is 0.243. The molecule has 0 saturated carbocycles. The van der Waals surface area contributed by atoms with Gasteiger partial charge >= 0.3 is 0 Å². The molecule has 3 rings (SSSR count). The number of aryl methyl sites for hydroxylation is 1. The maximum atomic E-state index is 12.0. The molecular weight excluding hydrogens is 324 g/mol. The van der Waals surface area contributed by atoms with Crippen molar-refractivity contribution in [3.05, 3.63) is 57.5 Å². The van der Waals surface area contributed by atoms with E-state index in [0.29, 0.717) is 6.04 Å². The third-order valence-electron chi connectivity index (χ3n) is 4.73. The van der Waals surface area contributed by atoms with Gasteiger partial charge in [-0.15, -0.1) is 0 Å². The largest absolute Gasteiger partial charge is 0.368 e. The molecule has 1 fully saturated rings. The number of hydrogen-bond acceptors (Lipinski definition) is 4. The van der Waals surface area contributed by atoms with E-state index in [9.17, 15) is 4.79 Å². The summed E-state index contributed by atoms with van der Waals surface area (Å²) in [6.07, 6.45) is 2.72. The average molecular weight is 347 g/mol. The molecule has 1 aromatic carbocycles. The van der Waals surface area contributed by atoms with Crippen molar-refractivity contribution in [2.75, 3.05) is 24.5 Å². The SMILES string of the molecule is CC1CCN(c2cnn(C)c(=O)c2Cl)CCN1Cc1ccccc1. The number of rotatable bonds is 3. The van der Waals surface area contributed by atoms with Crippen LogP contribution in [0, 0.1) is 0 Å².